The summed E-state index contributed by atoms with van der Waals surface area (Å²) in [6.07, 6.45) is 2.65. The van der Waals surface area contributed by atoms with Crippen molar-refractivity contribution in [2.45, 2.75) is 32.6 Å². The third-order valence-electron chi connectivity index (χ3n) is 5.74. The van der Waals surface area contributed by atoms with Crippen molar-refractivity contribution in [1.29, 1.82) is 0 Å². The molecule has 2 aromatic heterocycles. The molecule has 1 aliphatic rings. The number of nitrogens with zero attached hydrogens (tertiary/aromatic N) is 2. The molecule has 0 bridgehead atoms. The maximum absolute atomic E-state index is 6.15. The SMILES string of the molecule is Cc1ccc2c3ccnc(C)c3n(CCC3(c4ccccc4)OCCO3)c2c1. The minimum atomic E-state index is -0.676. The van der Waals surface area contributed by atoms with E-state index in [0.717, 1.165) is 24.2 Å². The third kappa shape index (κ3) is 2.72. The molecule has 0 amide bonds. The van der Waals surface area contributed by atoms with Gasteiger partial charge in [-0.05, 0) is 31.5 Å². The summed E-state index contributed by atoms with van der Waals surface area (Å²) >= 11 is 0. The summed E-state index contributed by atoms with van der Waals surface area (Å²) in [7, 11) is 0. The van der Waals surface area contributed by atoms with Gasteiger partial charge in [-0.15, -0.1) is 0 Å². The topological polar surface area (TPSA) is 36.3 Å². The van der Waals surface area contributed by atoms with Crippen LogP contribution in [0.4, 0.5) is 0 Å². The van der Waals surface area contributed by atoms with E-state index in [9.17, 15) is 0 Å². The van der Waals surface area contributed by atoms with Gasteiger partial charge in [-0.2, -0.15) is 0 Å². The van der Waals surface area contributed by atoms with Crippen molar-refractivity contribution in [3.8, 4) is 0 Å². The standard InChI is InChI=1S/C24H24N2O2/c1-17-8-9-20-21-10-12-25-18(2)23(21)26(22(20)16-17)13-11-24(27-14-15-28-24)19-6-4-3-5-7-19/h3-10,12,16H,11,13-15H2,1-2H3. The molecule has 1 aliphatic heterocycles. The molecule has 0 spiro atoms. The first-order valence-corrected chi connectivity index (χ1v) is 9.86. The van der Waals surface area contributed by atoms with Crippen LogP contribution >= 0.6 is 0 Å². The first kappa shape index (κ1) is 17.4. The van der Waals surface area contributed by atoms with Gasteiger partial charge < -0.3 is 14.0 Å². The Morgan fingerprint density at radius 3 is 2.54 bits per heavy atom. The lowest BCUT2D eigenvalue weighted by atomic mass is 10.0. The molecule has 0 radical (unpaired) electrons. The lowest BCUT2D eigenvalue weighted by molar-refractivity contribution is -0.172. The fourth-order valence-electron chi connectivity index (χ4n) is 4.42. The normalized spacial score (nSPS) is 16.2. The van der Waals surface area contributed by atoms with Gasteiger partial charge >= 0.3 is 0 Å². The predicted octanol–water partition coefficient (Wildman–Crippen LogP) is 5.10. The van der Waals surface area contributed by atoms with E-state index in [4.69, 9.17) is 9.47 Å². The van der Waals surface area contributed by atoms with Gasteiger partial charge in [0, 0.05) is 41.0 Å². The quantitative estimate of drug-likeness (QED) is 0.500. The molecule has 0 atom stereocenters. The van der Waals surface area contributed by atoms with Gasteiger partial charge in [0.05, 0.1) is 24.4 Å². The molecule has 4 nitrogen and oxygen atoms in total. The molecule has 28 heavy (non-hydrogen) atoms. The molecule has 142 valence electrons. The van der Waals surface area contributed by atoms with Crippen molar-refractivity contribution < 1.29 is 9.47 Å². The summed E-state index contributed by atoms with van der Waals surface area (Å²) in [6, 6.07) is 19.1. The minimum Gasteiger partial charge on any atom is -0.343 e. The van der Waals surface area contributed by atoms with Gasteiger partial charge in [-0.25, -0.2) is 0 Å². The molecule has 0 saturated carbocycles. The number of rotatable bonds is 4. The number of ether oxygens (including phenoxy) is 2. The molecule has 5 rings (SSSR count). The van der Waals surface area contributed by atoms with E-state index < -0.39 is 5.79 Å². The molecule has 0 unspecified atom stereocenters. The van der Waals surface area contributed by atoms with E-state index in [1.807, 2.05) is 24.4 Å². The Kier molecular flexibility index (Phi) is 4.18. The summed E-state index contributed by atoms with van der Waals surface area (Å²) in [5.74, 6) is -0.676. The Labute approximate surface area is 164 Å². The van der Waals surface area contributed by atoms with E-state index >= 15 is 0 Å². The summed E-state index contributed by atoms with van der Waals surface area (Å²) in [5, 5.41) is 2.53. The molecule has 4 heteroatoms. The first-order chi connectivity index (χ1) is 13.7. The molecule has 3 heterocycles. The van der Waals surface area contributed by atoms with Crippen molar-refractivity contribution in [3.05, 3.63) is 77.6 Å². The van der Waals surface area contributed by atoms with Crippen molar-refractivity contribution in [1.82, 2.24) is 9.55 Å². The summed E-state index contributed by atoms with van der Waals surface area (Å²) in [6.45, 7) is 6.27. The number of aromatic nitrogens is 2. The molecule has 2 aromatic carbocycles. The van der Waals surface area contributed by atoms with Crippen molar-refractivity contribution in [2.24, 2.45) is 0 Å². The molecular weight excluding hydrogens is 348 g/mol. The zero-order valence-electron chi connectivity index (χ0n) is 16.3. The fraction of sp³-hybridized carbons (Fsp3) is 0.292. The molecule has 1 saturated heterocycles. The first-order valence-electron chi connectivity index (χ1n) is 9.86. The Morgan fingerprint density at radius 2 is 1.75 bits per heavy atom. The number of aryl methyl sites for hydroxylation is 3. The summed E-state index contributed by atoms with van der Waals surface area (Å²) < 4.78 is 14.7. The minimum absolute atomic E-state index is 0.627. The van der Waals surface area contributed by atoms with Gasteiger partial charge in [0.25, 0.3) is 0 Å². The van der Waals surface area contributed by atoms with Crippen LogP contribution in [0.2, 0.25) is 0 Å². The Balaban J connectivity index is 1.62. The molecule has 1 fully saturated rings. The second-order valence-corrected chi connectivity index (χ2v) is 7.53. The van der Waals surface area contributed by atoms with Crippen molar-refractivity contribution in [2.75, 3.05) is 13.2 Å². The Hall–Kier alpha value is -2.69. The van der Waals surface area contributed by atoms with E-state index in [1.54, 1.807) is 0 Å². The maximum Gasteiger partial charge on any atom is 0.196 e. The monoisotopic (exact) mass is 372 g/mol. The Morgan fingerprint density at radius 1 is 0.964 bits per heavy atom. The van der Waals surface area contributed by atoms with Gasteiger partial charge in [0.15, 0.2) is 5.79 Å². The average molecular weight is 372 g/mol. The second-order valence-electron chi connectivity index (χ2n) is 7.53. The zero-order valence-corrected chi connectivity index (χ0v) is 16.3. The highest BCUT2D eigenvalue weighted by Crippen LogP contribution is 2.37. The summed E-state index contributed by atoms with van der Waals surface area (Å²) in [4.78, 5) is 4.56. The van der Waals surface area contributed by atoms with E-state index in [2.05, 4.69) is 59.8 Å². The lowest BCUT2D eigenvalue weighted by Crippen LogP contribution is -2.28. The van der Waals surface area contributed by atoms with Gasteiger partial charge in [-0.1, -0.05) is 42.5 Å². The smallest absolute Gasteiger partial charge is 0.196 e. The van der Waals surface area contributed by atoms with E-state index in [0.29, 0.717) is 13.2 Å². The highest BCUT2D eigenvalue weighted by molar-refractivity contribution is 6.08. The summed E-state index contributed by atoms with van der Waals surface area (Å²) in [5.41, 5.74) is 5.83. The van der Waals surface area contributed by atoms with E-state index in [1.165, 1.54) is 27.4 Å². The van der Waals surface area contributed by atoms with Crippen LogP contribution in [0.3, 0.4) is 0 Å². The number of hydrogen-bond donors (Lipinski definition) is 0. The van der Waals surface area contributed by atoms with Crippen molar-refractivity contribution >= 4 is 21.8 Å². The van der Waals surface area contributed by atoms with Crippen LogP contribution in [0.15, 0.2) is 60.8 Å². The van der Waals surface area contributed by atoms with Crippen LogP contribution in [0.1, 0.15) is 23.2 Å². The molecular formula is C24H24N2O2. The number of hydrogen-bond acceptors (Lipinski definition) is 3. The van der Waals surface area contributed by atoms with Crippen LogP contribution in [0.25, 0.3) is 21.8 Å². The van der Waals surface area contributed by atoms with Crippen molar-refractivity contribution in [3.63, 3.8) is 0 Å². The molecule has 0 N–H and O–H groups in total. The van der Waals surface area contributed by atoms with Crippen LogP contribution < -0.4 is 0 Å². The Bertz CT molecular complexity index is 1140. The third-order valence-corrected chi connectivity index (χ3v) is 5.74. The number of fused-ring (bicyclic) bond motifs is 3. The van der Waals surface area contributed by atoms with Gasteiger partial charge in [0.1, 0.15) is 0 Å². The lowest BCUT2D eigenvalue weighted by Gasteiger charge is -2.28. The largest absolute Gasteiger partial charge is 0.343 e. The van der Waals surface area contributed by atoms with E-state index in [-0.39, 0.29) is 0 Å². The predicted molar refractivity (Wildman–Crippen MR) is 111 cm³/mol. The number of benzene rings is 2. The van der Waals surface area contributed by atoms with Crippen LogP contribution in [-0.2, 0) is 21.8 Å². The highest BCUT2D eigenvalue weighted by Gasteiger charge is 2.38. The van der Waals surface area contributed by atoms with Crippen LogP contribution in [0.5, 0.6) is 0 Å². The number of pyridine rings is 1. The zero-order chi connectivity index (χ0) is 19.1. The second kappa shape index (κ2) is 6.73. The maximum atomic E-state index is 6.15. The van der Waals surface area contributed by atoms with Gasteiger partial charge in [-0.3, -0.25) is 4.98 Å². The fourth-order valence-corrected chi connectivity index (χ4v) is 4.42. The molecule has 0 aliphatic carbocycles. The van der Waals surface area contributed by atoms with Crippen LogP contribution in [0, 0.1) is 13.8 Å². The van der Waals surface area contributed by atoms with Gasteiger partial charge in [0.2, 0.25) is 0 Å². The van der Waals surface area contributed by atoms with Crippen LogP contribution in [-0.4, -0.2) is 22.8 Å². The molecule has 4 aromatic rings. The average Bonchev–Trinajstić information content (AvgIpc) is 3.31. The highest BCUT2D eigenvalue weighted by atomic mass is 16.7.